The third-order valence-corrected chi connectivity index (χ3v) is 2.73. The van der Waals surface area contributed by atoms with Crippen molar-refractivity contribution in [2.45, 2.75) is 13.0 Å². The highest BCUT2D eigenvalue weighted by Crippen LogP contribution is 2.14. The molecule has 2 aromatic rings. The van der Waals surface area contributed by atoms with E-state index in [2.05, 4.69) is 26.3 Å². The maximum absolute atomic E-state index is 8.51. The minimum absolute atomic E-state index is 0.449. The summed E-state index contributed by atoms with van der Waals surface area (Å²) in [5, 5.41) is 11.6. The Bertz CT molecular complexity index is 578. The van der Waals surface area contributed by atoms with Crippen LogP contribution < -0.4 is 10.2 Å². The van der Waals surface area contributed by atoms with Crippen molar-refractivity contribution in [3.8, 4) is 6.07 Å². The number of nitrogens with zero attached hydrogens (tertiary/aromatic N) is 5. The number of hydrogen-bond acceptors (Lipinski definition) is 6. The molecule has 2 rings (SSSR count). The molecule has 102 valence electrons. The summed E-state index contributed by atoms with van der Waals surface area (Å²) in [5.41, 5.74) is 1.12. The largest absolute Gasteiger partial charge is 0.369 e. The minimum atomic E-state index is 0.449. The van der Waals surface area contributed by atoms with Crippen LogP contribution in [0.25, 0.3) is 0 Å². The van der Waals surface area contributed by atoms with Crippen molar-refractivity contribution in [1.29, 1.82) is 5.26 Å². The second-order valence-corrected chi connectivity index (χ2v) is 4.31. The molecule has 6 heteroatoms. The van der Waals surface area contributed by atoms with Crippen LogP contribution >= 0.6 is 0 Å². The van der Waals surface area contributed by atoms with Gasteiger partial charge in [-0.2, -0.15) is 5.26 Å². The maximum Gasteiger partial charge on any atom is 0.134 e. The Kier molecular flexibility index (Phi) is 4.84. The van der Waals surface area contributed by atoms with E-state index in [1.54, 1.807) is 6.20 Å². The molecule has 0 amide bonds. The highest BCUT2D eigenvalue weighted by Gasteiger charge is 2.05. The van der Waals surface area contributed by atoms with E-state index in [1.807, 2.05) is 36.3 Å². The summed E-state index contributed by atoms with van der Waals surface area (Å²) < 4.78 is 0. The normalized spacial score (nSPS) is 9.80. The first kappa shape index (κ1) is 13.7. The van der Waals surface area contributed by atoms with Crippen LogP contribution in [0.2, 0.25) is 0 Å². The molecule has 0 unspecified atom stereocenters. The van der Waals surface area contributed by atoms with E-state index in [0.717, 1.165) is 23.7 Å². The van der Waals surface area contributed by atoms with Crippen molar-refractivity contribution in [1.82, 2.24) is 15.0 Å². The molecule has 0 aliphatic carbocycles. The van der Waals surface area contributed by atoms with Gasteiger partial charge in [-0.1, -0.05) is 6.07 Å². The smallest absolute Gasteiger partial charge is 0.134 e. The Balaban J connectivity index is 2.01. The minimum Gasteiger partial charge on any atom is -0.369 e. The Morgan fingerprint density at radius 1 is 1.40 bits per heavy atom. The van der Waals surface area contributed by atoms with E-state index in [9.17, 15) is 0 Å². The Morgan fingerprint density at radius 3 is 3.05 bits per heavy atom. The average molecular weight is 268 g/mol. The van der Waals surface area contributed by atoms with Gasteiger partial charge in [0.25, 0.3) is 0 Å². The zero-order valence-electron chi connectivity index (χ0n) is 11.3. The van der Waals surface area contributed by atoms with Crippen molar-refractivity contribution in [2.75, 3.05) is 23.8 Å². The molecule has 0 radical (unpaired) electrons. The number of rotatable bonds is 6. The van der Waals surface area contributed by atoms with E-state index in [-0.39, 0.29) is 0 Å². The molecule has 0 aromatic carbocycles. The SMILES string of the molecule is CN(Cc1cccnc1)c1cc(NCCC#N)ncn1. The molecule has 6 nitrogen and oxygen atoms in total. The highest BCUT2D eigenvalue weighted by atomic mass is 15.2. The lowest BCUT2D eigenvalue weighted by Gasteiger charge is -2.18. The van der Waals surface area contributed by atoms with E-state index >= 15 is 0 Å². The van der Waals surface area contributed by atoms with Crippen molar-refractivity contribution < 1.29 is 0 Å². The average Bonchev–Trinajstić information content (AvgIpc) is 2.49. The van der Waals surface area contributed by atoms with Crippen LogP contribution in [0.15, 0.2) is 36.9 Å². The molecule has 0 bridgehead atoms. The van der Waals surface area contributed by atoms with Crippen LogP contribution in [-0.2, 0) is 6.54 Å². The summed E-state index contributed by atoms with van der Waals surface area (Å²) >= 11 is 0. The molecule has 0 aliphatic rings. The van der Waals surface area contributed by atoms with E-state index in [4.69, 9.17) is 5.26 Å². The van der Waals surface area contributed by atoms with Gasteiger partial charge in [0.1, 0.15) is 18.0 Å². The predicted octanol–water partition coefficient (Wildman–Crippen LogP) is 1.83. The summed E-state index contributed by atoms with van der Waals surface area (Å²) in [6.45, 7) is 1.31. The van der Waals surface area contributed by atoms with Gasteiger partial charge in [0.15, 0.2) is 0 Å². The predicted molar refractivity (Wildman–Crippen MR) is 77.1 cm³/mol. The van der Waals surface area contributed by atoms with Crippen molar-refractivity contribution >= 4 is 11.6 Å². The number of nitriles is 1. The summed E-state index contributed by atoms with van der Waals surface area (Å²) in [5.74, 6) is 1.55. The summed E-state index contributed by atoms with van der Waals surface area (Å²) in [7, 11) is 1.97. The molecule has 0 spiro atoms. The fourth-order valence-corrected chi connectivity index (χ4v) is 1.75. The summed E-state index contributed by atoms with van der Waals surface area (Å²) in [4.78, 5) is 14.5. The van der Waals surface area contributed by atoms with Gasteiger partial charge < -0.3 is 10.2 Å². The zero-order chi connectivity index (χ0) is 14.2. The lowest BCUT2D eigenvalue weighted by molar-refractivity contribution is 0.884. The van der Waals surface area contributed by atoms with Gasteiger partial charge in [-0.3, -0.25) is 4.98 Å². The van der Waals surface area contributed by atoms with Crippen LogP contribution in [0, 0.1) is 11.3 Å². The van der Waals surface area contributed by atoms with Crippen LogP contribution in [-0.4, -0.2) is 28.5 Å². The maximum atomic E-state index is 8.51. The van der Waals surface area contributed by atoms with Gasteiger partial charge >= 0.3 is 0 Å². The number of pyridine rings is 1. The second-order valence-electron chi connectivity index (χ2n) is 4.31. The summed E-state index contributed by atoms with van der Waals surface area (Å²) in [6.07, 6.45) is 5.56. The number of anilines is 2. The quantitative estimate of drug-likeness (QED) is 0.805. The second kappa shape index (κ2) is 7.04. The monoisotopic (exact) mass is 268 g/mol. The zero-order valence-corrected chi connectivity index (χ0v) is 11.3. The van der Waals surface area contributed by atoms with E-state index in [1.165, 1.54) is 6.33 Å². The highest BCUT2D eigenvalue weighted by molar-refractivity contribution is 5.48. The molecule has 0 aliphatic heterocycles. The molecule has 1 N–H and O–H groups in total. The first-order valence-corrected chi connectivity index (χ1v) is 6.32. The molecule has 0 atom stereocenters. The van der Waals surface area contributed by atoms with Crippen molar-refractivity contribution in [3.63, 3.8) is 0 Å². The Hall–Kier alpha value is -2.68. The standard InChI is InChI=1S/C14H16N6/c1-20(10-12-4-2-6-16-9-12)14-8-13(18-11-19-14)17-7-3-5-15/h2,4,6,8-9,11H,3,7,10H2,1H3,(H,17,18,19). The molecule has 20 heavy (non-hydrogen) atoms. The first-order chi connectivity index (χ1) is 9.79. The van der Waals surface area contributed by atoms with Crippen LogP contribution in [0.5, 0.6) is 0 Å². The fraction of sp³-hybridized carbons (Fsp3) is 0.286. The van der Waals surface area contributed by atoms with Crippen LogP contribution in [0.4, 0.5) is 11.6 Å². The van der Waals surface area contributed by atoms with Crippen molar-refractivity contribution in [3.05, 3.63) is 42.5 Å². The third-order valence-electron chi connectivity index (χ3n) is 2.73. The molecule has 2 aromatic heterocycles. The molecule has 0 saturated carbocycles. The molecule has 0 fully saturated rings. The lowest BCUT2D eigenvalue weighted by Crippen LogP contribution is -2.18. The van der Waals surface area contributed by atoms with Gasteiger partial charge in [0.05, 0.1) is 12.5 Å². The lowest BCUT2D eigenvalue weighted by atomic mass is 10.3. The van der Waals surface area contributed by atoms with Gasteiger partial charge in [-0.15, -0.1) is 0 Å². The number of aromatic nitrogens is 3. The van der Waals surface area contributed by atoms with Gasteiger partial charge in [-0.05, 0) is 11.6 Å². The first-order valence-electron chi connectivity index (χ1n) is 6.32. The van der Waals surface area contributed by atoms with Crippen LogP contribution in [0.1, 0.15) is 12.0 Å². The van der Waals surface area contributed by atoms with Gasteiger partial charge in [-0.25, -0.2) is 9.97 Å². The topological polar surface area (TPSA) is 77.7 Å². The molecule has 0 saturated heterocycles. The van der Waals surface area contributed by atoms with Crippen LogP contribution in [0.3, 0.4) is 0 Å². The fourth-order valence-electron chi connectivity index (χ4n) is 1.75. The molecular weight excluding hydrogens is 252 g/mol. The van der Waals surface area contributed by atoms with E-state index < -0.39 is 0 Å². The van der Waals surface area contributed by atoms with E-state index in [0.29, 0.717) is 13.0 Å². The molecular formula is C14H16N6. The summed E-state index contributed by atoms with van der Waals surface area (Å²) in [6, 6.07) is 7.89. The Labute approximate surface area is 118 Å². The van der Waals surface area contributed by atoms with Crippen molar-refractivity contribution in [2.24, 2.45) is 0 Å². The number of hydrogen-bond donors (Lipinski definition) is 1. The van der Waals surface area contributed by atoms with Gasteiger partial charge in [0.2, 0.25) is 0 Å². The van der Waals surface area contributed by atoms with Gasteiger partial charge in [0, 0.05) is 38.6 Å². The Morgan fingerprint density at radius 2 is 2.30 bits per heavy atom. The third kappa shape index (κ3) is 3.92. The molecule has 2 heterocycles. The number of nitrogens with one attached hydrogen (secondary N) is 1.